The zero-order valence-electron chi connectivity index (χ0n) is 22.5. The molecule has 4 rings (SSSR count). The van der Waals surface area contributed by atoms with Gasteiger partial charge in [-0.15, -0.1) is 0 Å². The number of phenols is 2. The van der Waals surface area contributed by atoms with Gasteiger partial charge in [0, 0.05) is 43.5 Å². The molecular formula is C27H31N3O9. The van der Waals surface area contributed by atoms with Crippen molar-refractivity contribution in [3.8, 4) is 17.2 Å². The van der Waals surface area contributed by atoms with Crippen molar-refractivity contribution in [2.75, 3.05) is 39.3 Å². The summed E-state index contributed by atoms with van der Waals surface area (Å²) in [5, 5.41) is 24.2. The Morgan fingerprint density at radius 3 is 2.28 bits per heavy atom. The number of carbonyl (C=O) groups is 5. The average molecular weight is 542 g/mol. The van der Waals surface area contributed by atoms with Crippen molar-refractivity contribution in [1.29, 1.82) is 0 Å². The van der Waals surface area contributed by atoms with Gasteiger partial charge in [-0.25, -0.2) is 4.79 Å². The van der Waals surface area contributed by atoms with Crippen molar-refractivity contribution in [3.63, 3.8) is 0 Å². The van der Waals surface area contributed by atoms with Gasteiger partial charge in [0.05, 0.1) is 24.3 Å². The minimum absolute atomic E-state index is 0.00347. The molecule has 0 bridgehead atoms. The minimum atomic E-state index is -1.64. The molecule has 12 nitrogen and oxygen atoms in total. The standard InChI is InChI=1S/C27H31N3O9/c1-6-38-26(37)30-9-7-29(8-10-30)18(33)12-28-14(3)19-16(32)11-17-27(5,25(19)36)21-23(35)13(2)22(34)20(15(4)31)24(21)39-17/h11,28,34-35H,6-10,12H2,1-5H3/t27-/m0/s1. The predicted molar refractivity (Wildman–Crippen MR) is 136 cm³/mol. The van der Waals surface area contributed by atoms with Gasteiger partial charge in [0.2, 0.25) is 5.91 Å². The van der Waals surface area contributed by atoms with Gasteiger partial charge >= 0.3 is 6.09 Å². The molecule has 208 valence electrons. The number of ether oxygens (including phenoxy) is 2. The Hall–Kier alpha value is -4.35. The van der Waals surface area contributed by atoms with Gasteiger partial charge in [0.1, 0.15) is 34.0 Å². The Bertz CT molecular complexity index is 1370. The number of allylic oxidation sites excluding steroid dienone is 4. The zero-order valence-corrected chi connectivity index (χ0v) is 22.5. The molecule has 0 aromatic heterocycles. The highest BCUT2D eigenvalue weighted by Gasteiger charge is 2.56. The molecule has 0 radical (unpaired) electrons. The molecule has 12 heteroatoms. The number of fused-ring (bicyclic) bond motifs is 3. The summed E-state index contributed by atoms with van der Waals surface area (Å²) in [7, 11) is 0. The van der Waals surface area contributed by atoms with E-state index in [-0.39, 0.29) is 58.5 Å². The second kappa shape index (κ2) is 10.1. The molecule has 2 heterocycles. The van der Waals surface area contributed by atoms with Gasteiger partial charge in [0.15, 0.2) is 17.3 Å². The van der Waals surface area contributed by atoms with Crippen LogP contribution in [-0.2, 0) is 24.5 Å². The van der Waals surface area contributed by atoms with Crippen LogP contribution in [-0.4, -0.2) is 88.7 Å². The van der Waals surface area contributed by atoms with Crippen LogP contribution in [0.25, 0.3) is 0 Å². The van der Waals surface area contributed by atoms with Crippen LogP contribution in [0.1, 0.15) is 49.2 Å². The molecule has 0 spiro atoms. The van der Waals surface area contributed by atoms with E-state index in [0.717, 1.165) is 6.08 Å². The van der Waals surface area contributed by atoms with E-state index in [1.807, 2.05) is 0 Å². The van der Waals surface area contributed by atoms with Gasteiger partial charge in [-0.1, -0.05) is 0 Å². The summed E-state index contributed by atoms with van der Waals surface area (Å²) in [5.41, 5.74) is -1.88. The number of rotatable bonds is 5. The minimum Gasteiger partial charge on any atom is -0.507 e. The van der Waals surface area contributed by atoms with E-state index in [1.165, 1.54) is 32.6 Å². The number of hydrogen-bond acceptors (Lipinski definition) is 10. The SMILES string of the molecule is CCOC(=O)N1CCN(C(=O)CNC(C)=C2C(=O)C=C3Oc4c(C(C)=O)c(O)c(C)c(O)c4[C@@]3(C)C2=O)CC1. The van der Waals surface area contributed by atoms with Gasteiger partial charge in [-0.3, -0.25) is 19.2 Å². The lowest BCUT2D eigenvalue weighted by atomic mass is 9.70. The first-order chi connectivity index (χ1) is 18.3. The lowest BCUT2D eigenvalue weighted by Gasteiger charge is -2.34. The van der Waals surface area contributed by atoms with Crippen molar-refractivity contribution in [2.45, 2.75) is 40.0 Å². The first-order valence-corrected chi connectivity index (χ1v) is 12.6. The number of amides is 2. The number of ketones is 3. The molecule has 1 fully saturated rings. The number of nitrogens with one attached hydrogen (secondary N) is 1. The van der Waals surface area contributed by atoms with Crippen molar-refractivity contribution >= 4 is 29.4 Å². The molecule has 1 saturated heterocycles. The molecule has 2 aliphatic heterocycles. The molecule has 1 aromatic carbocycles. The van der Waals surface area contributed by atoms with E-state index in [9.17, 15) is 34.2 Å². The van der Waals surface area contributed by atoms with Crippen molar-refractivity contribution < 1.29 is 43.7 Å². The number of carbonyl (C=O) groups excluding carboxylic acids is 5. The Labute approximate surface area is 224 Å². The van der Waals surface area contributed by atoms with E-state index in [1.54, 1.807) is 11.8 Å². The molecule has 1 atom stereocenters. The summed E-state index contributed by atoms with van der Waals surface area (Å²) >= 11 is 0. The average Bonchev–Trinajstić information content (AvgIpc) is 3.18. The van der Waals surface area contributed by atoms with E-state index in [4.69, 9.17) is 9.47 Å². The highest BCUT2D eigenvalue weighted by Crippen LogP contribution is 2.57. The Morgan fingerprint density at radius 2 is 1.69 bits per heavy atom. The van der Waals surface area contributed by atoms with E-state index < -0.39 is 40.4 Å². The van der Waals surface area contributed by atoms with Crippen LogP contribution < -0.4 is 10.1 Å². The van der Waals surface area contributed by atoms with Crippen LogP contribution in [0, 0.1) is 6.92 Å². The Balaban J connectivity index is 1.57. The van der Waals surface area contributed by atoms with Crippen LogP contribution in [0.15, 0.2) is 23.1 Å². The second-order valence-corrected chi connectivity index (χ2v) is 9.81. The van der Waals surface area contributed by atoms with Gasteiger partial charge in [0.25, 0.3) is 0 Å². The van der Waals surface area contributed by atoms with Crippen molar-refractivity contribution in [2.24, 2.45) is 0 Å². The van der Waals surface area contributed by atoms with Crippen LogP contribution in [0.4, 0.5) is 4.79 Å². The quantitative estimate of drug-likeness (QED) is 0.283. The fourth-order valence-electron chi connectivity index (χ4n) is 5.12. The van der Waals surface area contributed by atoms with Crippen LogP contribution in [0.5, 0.6) is 17.2 Å². The molecule has 0 saturated carbocycles. The van der Waals surface area contributed by atoms with Gasteiger partial charge in [-0.05, 0) is 34.6 Å². The Morgan fingerprint density at radius 1 is 1.08 bits per heavy atom. The number of hydrogen-bond donors (Lipinski definition) is 3. The second-order valence-electron chi connectivity index (χ2n) is 9.81. The van der Waals surface area contributed by atoms with Crippen molar-refractivity contribution in [1.82, 2.24) is 15.1 Å². The summed E-state index contributed by atoms with van der Waals surface area (Å²) in [5.74, 6) is -3.27. The summed E-state index contributed by atoms with van der Waals surface area (Å²) in [6.07, 6.45) is 0.691. The molecule has 1 aromatic rings. The third-order valence-corrected chi connectivity index (χ3v) is 7.42. The fourth-order valence-corrected chi connectivity index (χ4v) is 5.12. The number of aromatic hydroxyl groups is 2. The highest BCUT2D eigenvalue weighted by atomic mass is 16.6. The maximum atomic E-state index is 13.8. The van der Waals surface area contributed by atoms with E-state index >= 15 is 0 Å². The summed E-state index contributed by atoms with van der Waals surface area (Å²) in [6, 6.07) is 0. The Kier molecular flexibility index (Phi) is 7.15. The molecule has 1 aliphatic carbocycles. The highest BCUT2D eigenvalue weighted by molar-refractivity contribution is 6.31. The van der Waals surface area contributed by atoms with Crippen molar-refractivity contribution in [3.05, 3.63) is 39.8 Å². The lowest BCUT2D eigenvalue weighted by Crippen LogP contribution is -2.52. The van der Waals surface area contributed by atoms with Crippen LogP contribution in [0.3, 0.4) is 0 Å². The monoisotopic (exact) mass is 541 g/mol. The van der Waals surface area contributed by atoms with E-state index in [2.05, 4.69) is 5.32 Å². The third-order valence-electron chi connectivity index (χ3n) is 7.42. The van der Waals surface area contributed by atoms with Crippen LogP contribution in [0.2, 0.25) is 0 Å². The summed E-state index contributed by atoms with van der Waals surface area (Å²) < 4.78 is 10.7. The van der Waals surface area contributed by atoms with E-state index in [0.29, 0.717) is 26.2 Å². The largest absolute Gasteiger partial charge is 0.507 e. The molecule has 0 unspecified atom stereocenters. The molecule has 39 heavy (non-hydrogen) atoms. The number of piperazine rings is 1. The smallest absolute Gasteiger partial charge is 0.409 e. The topological polar surface area (TPSA) is 163 Å². The first-order valence-electron chi connectivity index (χ1n) is 12.6. The van der Waals surface area contributed by atoms with Gasteiger partial charge in [-0.2, -0.15) is 0 Å². The zero-order chi connectivity index (χ0) is 28.8. The maximum absolute atomic E-state index is 13.8. The molecule has 2 amide bonds. The number of benzene rings is 1. The summed E-state index contributed by atoms with van der Waals surface area (Å²) in [6.45, 7) is 8.67. The molecule has 3 aliphatic rings. The third kappa shape index (κ3) is 4.39. The normalized spacial score (nSPS) is 21.5. The van der Waals surface area contributed by atoms with Crippen LogP contribution >= 0.6 is 0 Å². The lowest BCUT2D eigenvalue weighted by molar-refractivity contribution is -0.132. The fraction of sp³-hybridized carbons (Fsp3) is 0.444. The molecule has 3 N–H and O–H groups in total. The number of nitrogens with zero attached hydrogens (tertiary/aromatic N) is 2. The van der Waals surface area contributed by atoms with Gasteiger partial charge < -0.3 is 34.8 Å². The first kappa shape index (κ1) is 27.7. The maximum Gasteiger partial charge on any atom is 0.409 e. The number of Topliss-reactive ketones (excluding diaryl/α,β-unsaturated/α-hetero) is 2. The molecular weight excluding hydrogens is 510 g/mol. The number of phenolic OH excluding ortho intramolecular Hbond substituents is 2. The summed E-state index contributed by atoms with van der Waals surface area (Å²) in [4.78, 5) is 66.9. The predicted octanol–water partition coefficient (Wildman–Crippen LogP) is 1.46.